The van der Waals surface area contributed by atoms with Crippen LogP contribution in [0, 0.1) is 0 Å². The van der Waals surface area contributed by atoms with Gasteiger partial charge >= 0.3 is 0 Å². The van der Waals surface area contributed by atoms with Gasteiger partial charge in [0.1, 0.15) is 5.76 Å². The first-order valence-electron chi connectivity index (χ1n) is 8.50. The number of carbonyl (C=O) groups is 1. The van der Waals surface area contributed by atoms with Crippen LogP contribution in [0.3, 0.4) is 0 Å². The van der Waals surface area contributed by atoms with Gasteiger partial charge in [-0.05, 0) is 42.0 Å². The molecule has 1 heterocycles. The number of hydrogen-bond acceptors (Lipinski definition) is 4. The number of amides is 1. The first-order chi connectivity index (χ1) is 13.3. The Kier molecular flexibility index (Phi) is 5.65. The average molecular weight is 396 g/mol. The third-order valence-corrected chi connectivity index (χ3v) is 5.33. The zero-order valence-electron chi connectivity index (χ0n) is 15.5. The molecule has 3 rings (SSSR count). The highest BCUT2D eigenvalue weighted by atomic mass is 32.2. The summed E-state index contributed by atoms with van der Waals surface area (Å²) in [5.74, 6) is 0.223. The van der Waals surface area contributed by atoms with E-state index in [1.165, 1.54) is 13.3 Å². The van der Waals surface area contributed by atoms with E-state index in [0.29, 0.717) is 22.7 Å². The second kappa shape index (κ2) is 8.14. The van der Waals surface area contributed by atoms with Crippen molar-refractivity contribution in [3.05, 3.63) is 84.3 Å². The van der Waals surface area contributed by atoms with E-state index in [0.717, 1.165) is 16.1 Å². The number of hydrogen-bond donors (Lipinski definition) is 1. The Morgan fingerprint density at radius 1 is 1.04 bits per heavy atom. The summed E-state index contributed by atoms with van der Waals surface area (Å²) >= 11 is 0. The molecule has 0 bridgehead atoms. The van der Waals surface area contributed by atoms with Crippen molar-refractivity contribution in [1.29, 1.82) is 0 Å². The van der Waals surface area contributed by atoms with Gasteiger partial charge in [-0.1, -0.05) is 36.4 Å². The minimum absolute atomic E-state index is 0.332. The number of sulfonamides is 1. The van der Waals surface area contributed by atoms with Crippen LogP contribution in [0.2, 0.25) is 0 Å². The Morgan fingerprint density at radius 3 is 2.43 bits per heavy atom. The lowest BCUT2D eigenvalue weighted by atomic mass is 10.0. The highest BCUT2D eigenvalue weighted by Crippen LogP contribution is 2.24. The van der Waals surface area contributed by atoms with Crippen LogP contribution in [0.25, 0.3) is 11.6 Å². The molecule has 3 aromatic rings. The Labute approximate surface area is 164 Å². The summed E-state index contributed by atoms with van der Waals surface area (Å²) in [7, 11) is -1.94. The molecule has 7 heteroatoms. The third kappa shape index (κ3) is 4.69. The molecule has 0 saturated carbocycles. The van der Waals surface area contributed by atoms with Crippen LogP contribution in [0.5, 0.6) is 0 Å². The van der Waals surface area contributed by atoms with Gasteiger partial charge in [0, 0.05) is 12.7 Å². The molecule has 0 radical (unpaired) electrons. The predicted molar refractivity (Wildman–Crippen MR) is 111 cm³/mol. The second-order valence-electron chi connectivity index (χ2n) is 6.17. The number of anilines is 2. The van der Waals surface area contributed by atoms with Crippen molar-refractivity contribution in [3.8, 4) is 0 Å². The van der Waals surface area contributed by atoms with Crippen molar-refractivity contribution in [3.63, 3.8) is 0 Å². The molecular weight excluding hydrogens is 376 g/mol. The molecule has 1 amide bonds. The van der Waals surface area contributed by atoms with Crippen LogP contribution in [-0.4, -0.2) is 27.6 Å². The molecular formula is C21H20N2O4S. The summed E-state index contributed by atoms with van der Waals surface area (Å²) in [5, 5.41) is 2.83. The molecule has 0 spiro atoms. The van der Waals surface area contributed by atoms with Gasteiger partial charge < -0.3 is 9.73 Å². The van der Waals surface area contributed by atoms with Gasteiger partial charge in [0.25, 0.3) is 5.91 Å². The number of carbonyl (C=O) groups excluding carboxylic acids is 1. The molecule has 0 atom stereocenters. The molecule has 2 aromatic carbocycles. The van der Waals surface area contributed by atoms with Gasteiger partial charge in [-0.2, -0.15) is 0 Å². The monoisotopic (exact) mass is 396 g/mol. The summed E-state index contributed by atoms with van der Waals surface area (Å²) in [4.78, 5) is 13.0. The van der Waals surface area contributed by atoms with E-state index in [2.05, 4.69) is 5.32 Å². The van der Waals surface area contributed by atoms with E-state index >= 15 is 0 Å². The lowest BCUT2D eigenvalue weighted by molar-refractivity contribution is -0.111. The highest BCUT2D eigenvalue weighted by molar-refractivity contribution is 7.92. The van der Waals surface area contributed by atoms with Crippen molar-refractivity contribution in [1.82, 2.24) is 0 Å². The summed E-state index contributed by atoms with van der Waals surface area (Å²) in [5.41, 5.74) is 2.11. The lowest BCUT2D eigenvalue weighted by Crippen LogP contribution is -2.25. The van der Waals surface area contributed by atoms with Crippen LogP contribution >= 0.6 is 0 Å². The Morgan fingerprint density at radius 2 is 1.79 bits per heavy atom. The molecule has 6 nitrogen and oxygen atoms in total. The number of nitrogens with one attached hydrogen (secondary N) is 1. The quantitative estimate of drug-likeness (QED) is 0.642. The van der Waals surface area contributed by atoms with E-state index in [1.54, 1.807) is 42.5 Å². The van der Waals surface area contributed by atoms with E-state index in [1.807, 2.05) is 30.3 Å². The molecule has 1 N–H and O–H groups in total. The minimum atomic E-state index is -3.40. The maximum absolute atomic E-state index is 13.0. The molecule has 1 aromatic heterocycles. The largest absolute Gasteiger partial charge is 0.465 e. The topological polar surface area (TPSA) is 79.6 Å². The number of benzene rings is 2. The molecule has 0 fully saturated rings. The van der Waals surface area contributed by atoms with E-state index in [9.17, 15) is 13.2 Å². The maximum Gasteiger partial charge on any atom is 0.256 e. The van der Waals surface area contributed by atoms with Crippen LogP contribution in [0.1, 0.15) is 11.3 Å². The second-order valence-corrected chi connectivity index (χ2v) is 8.19. The molecule has 0 aliphatic carbocycles. The van der Waals surface area contributed by atoms with Gasteiger partial charge in [0.15, 0.2) is 0 Å². The molecule has 0 unspecified atom stereocenters. The highest BCUT2D eigenvalue weighted by Gasteiger charge is 2.15. The number of furan rings is 1. The summed E-state index contributed by atoms with van der Waals surface area (Å²) in [6, 6.07) is 19.4. The molecule has 28 heavy (non-hydrogen) atoms. The number of nitrogens with zero attached hydrogens (tertiary/aromatic N) is 1. The van der Waals surface area contributed by atoms with Crippen LogP contribution in [-0.2, 0) is 14.8 Å². The first-order valence-corrected chi connectivity index (χ1v) is 10.4. The normalized spacial score (nSPS) is 11.9. The average Bonchev–Trinajstić information content (AvgIpc) is 3.19. The summed E-state index contributed by atoms with van der Waals surface area (Å²) in [6.45, 7) is 0. The fraction of sp³-hybridized carbons (Fsp3) is 0.0952. The first kappa shape index (κ1) is 19.4. The number of rotatable bonds is 6. The van der Waals surface area contributed by atoms with Gasteiger partial charge in [0.2, 0.25) is 10.0 Å². The molecule has 0 aliphatic rings. The van der Waals surface area contributed by atoms with Crippen molar-refractivity contribution in [2.75, 3.05) is 22.9 Å². The summed E-state index contributed by atoms with van der Waals surface area (Å²) < 4.78 is 30.0. The zero-order chi connectivity index (χ0) is 20.1. The van der Waals surface area contributed by atoms with E-state index < -0.39 is 10.0 Å². The van der Waals surface area contributed by atoms with Crippen LogP contribution in [0.15, 0.2) is 77.4 Å². The standard InChI is InChI=1S/C21H20N2O4S/c1-23(28(2,25)26)18-11-6-10-17(14-18)22-21(24)20(15-19-12-7-13-27-19)16-8-4-3-5-9-16/h3-15H,1-2H3,(H,22,24)/b20-15+. The van der Waals surface area contributed by atoms with Crippen molar-refractivity contribution in [2.24, 2.45) is 0 Å². The van der Waals surface area contributed by atoms with Crippen molar-refractivity contribution < 1.29 is 17.6 Å². The minimum Gasteiger partial charge on any atom is -0.465 e. The predicted octanol–water partition coefficient (Wildman–Crippen LogP) is 3.85. The molecule has 0 aliphatic heterocycles. The summed E-state index contributed by atoms with van der Waals surface area (Å²) in [6.07, 6.45) is 4.33. The van der Waals surface area contributed by atoms with Crippen LogP contribution < -0.4 is 9.62 Å². The van der Waals surface area contributed by atoms with Crippen molar-refractivity contribution >= 4 is 39.0 Å². The van der Waals surface area contributed by atoms with E-state index in [-0.39, 0.29) is 5.91 Å². The smallest absolute Gasteiger partial charge is 0.256 e. The molecule has 0 saturated heterocycles. The lowest BCUT2D eigenvalue weighted by Gasteiger charge is -2.17. The van der Waals surface area contributed by atoms with Gasteiger partial charge in [-0.25, -0.2) is 8.42 Å². The SMILES string of the molecule is CN(c1cccc(NC(=O)/C(=C/c2ccco2)c2ccccc2)c1)S(C)(=O)=O. The van der Waals surface area contributed by atoms with Crippen LogP contribution in [0.4, 0.5) is 11.4 Å². The Bertz CT molecular complexity index is 1090. The van der Waals surface area contributed by atoms with Crippen molar-refractivity contribution in [2.45, 2.75) is 0 Å². The van der Waals surface area contributed by atoms with Gasteiger partial charge in [-0.3, -0.25) is 9.10 Å². The maximum atomic E-state index is 13.0. The zero-order valence-corrected chi connectivity index (χ0v) is 16.3. The fourth-order valence-electron chi connectivity index (χ4n) is 2.58. The third-order valence-electron chi connectivity index (χ3n) is 4.12. The fourth-order valence-corrected chi connectivity index (χ4v) is 3.08. The van der Waals surface area contributed by atoms with Gasteiger partial charge in [-0.15, -0.1) is 0 Å². The van der Waals surface area contributed by atoms with Gasteiger partial charge in [0.05, 0.1) is 23.8 Å². The molecule has 144 valence electrons. The Hall–Kier alpha value is -3.32. The Balaban J connectivity index is 1.91. The van der Waals surface area contributed by atoms with E-state index in [4.69, 9.17) is 4.42 Å².